The van der Waals surface area contributed by atoms with Crippen LogP contribution in [0.3, 0.4) is 0 Å². The van der Waals surface area contributed by atoms with Crippen molar-refractivity contribution in [2.75, 3.05) is 5.32 Å². The highest BCUT2D eigenvalue weighted by molar-refractivity contribution is 14.1. The first-order valence-corrected chi connectivity index (χ1v) is 6.79. The summed E-state index contributed by atoms with van der Waals surface area (Å²) >= 11 is 2.08. The first kappa shape index (κ1) is 13.5. The van der Waals surface area contributed by atoms with Crippen LogP contribution >= 0.6 is 22.6 Å². The molecule has 0 heterocycles. The number of hydrogen-bond acceptors (Lipinski definition) is 4. The SMILES string of the molecule is CC1(C)C(O)CC1Nc1ccc([N+](=O)[O-])cc1I. The van der Waals surface area contributed by atoms with Crippen LogP contribution in [0.1, 0.15) is 20.3 Å². The highest BCUT2D eigenvalue weighted by Gasteiger charge is 2.47. The normalized spacial score (nSPS) is 25.3. The van der Waals surface area contributed by atoms with Crippen LogP contribution in [0.25, 0.3) is 0 Å². The molecule has 2 unspecified atom stereocenters. The van der Waals surface area contributed by atoms with Gasteiger partial charge in [-0.1, -0.05) is 13.8 Å². The monoisotopic (exact) mass is 362 g/mol. The zero-order valence-corrected chi connectivity index (χ0v) is 12.3. The zero-order chi connectivity index (χ0) is 13.5. The Labute approximate surface area is 119 Å². The molecule has 0 saturated heterocycles. The molecular weight excluding hydrogens is 347 g/mol. The van der Waals surface area contributed by atoms with Gasteiger partial charge in [-0.3, -0.25) is 10.1 Å². The summed E-state index contributed by atoms with van der Waals surface area (Å²) in [6.07, 6.45) is 0.422. The van der Waals surface area contributed by atoms with Crippen LogP contribution in [-0.2, 0) is 0 Å². The van der Waals surface area contributed by atoms with E-state index in [-0.39, 0.29) is 23.2 Å². The maximum absolute atomic E-state index is 10.6. The fourth-order valence-electron chi connectivity index (χ4n) is 2.07. The van der Waals surface area contributed by atoms with Crippen molar-refractivity contribution in [1.82, 2.24) is 0 Å². The second kappa shape index (κ2) is 4.65. The van der Waals surface area contributed by atoms with Gasteiger partial charge in [0, 0.05) is 32.8 Å². The number of non-ortho nitro benzene ring substituents is 1. The van der Waals surface area contributed by atoms with Crippen molar-refractivity contribution in [3.8, 4) is 0 Å². The lowest BCUT2D eigenvalue weighted by atomic mass is 9.64. The van der Waals surface area contributed by atoms with Gasteiger partial charge in [0.15, 0.2) is 0 Å². The van der Waals surface area contributed by atoms with Crippen molar-refractivity contribution in [3.63, 3.8) is 0 Å². The van der Waals surface area contributed by atoms with Gasteiger partial charge in [0.05, 0.1) is 11.0 Å². The van der Waals surface area contributed by atoms with Gasteiger partial charge in [-0.05, 0) is 35.1 Å². The Balaban J connectivity index is 2.14. The molecular formula is C12H15IN2O3. The van der Waals surface area contributed by atoms with Crippen molar-refractivity contribution in [3.05, 3.63) is 31.9 Å². The highest BCUT2D eigenvalue weighted by atomic mass is 127. The molecule has 5 nitrogen and oxygen atoms in total. The standard InChI is InChI=1S/C12H15IN2O3/c1-12(2)10(6-11(12)16)14-9-4-3-7(15(17)18)5-8(9)13/h3-5,10-11,14,16H,6H2,1-2H3. The van der Waals surface area contributed by atoms with Crippen LogP contribution in [0.15, 0.2) is 18.2 Å². The second-order valence-electron chi connectivity index (χ2n) is 5.19. The van der Waals surface area contributed by atoms with Gasteiger partial charge in [0.25, 0.3) is 5.69 Å². The zero-order valence-electron chi connectivity index (χ0n) is 10.2. The Morgan fingerprint density at radius 2 is 2.22 bits per heavy atom. The number of anilines is 1. The van der Waals surface area contributed by atoms with Crippen molar-refractivity contribution in [2.45, 2.75) is 32.4 Å². The van der Waals surface area contributed by atoms with E-state index in [1.807, 2.05) is 13.8 Å². The second-order valence-corrected chi connectivity index (χ2v) is 6.35. The minimum absolute atomic E-state index is 0.0952. The van der Waals surface area contributed by atoms with Crippen LogP contribution in [0.4, 0.5) is 11.4 Å². The predicted octanol–water partition coefficient (Wildman–Crippen LogP) is 2.77. The summed E-state index contributed by atoms with van der Waals surface area (Å²) in [4.78, 5) is 10.2. The Morgan fingerprint density at radius 3 is 2.67 bits per heavy atom. The first-order valence-electron chi connectivity index (χ1n) is 5.71. The molecule has 0 radical (unpaired) electrons. The number of halogens is 1. The molecule has 2 atom stereocenters. The van der Waals surface area contributed by atoms with Crippen LogP contribution in [0, 0.1) is 19.1 Å². The largest absolute Gasteiger partial charge is 0.392 e. The molecule has 2 N–H and O–H groups in total. The lowest BCUT2D eigenvalue weighted by molar-refractivity contribution is -0.384. The van der Waals surface area contributed by atoms with E-state index < -0.39 is 4.92 Å². The van der Waals surface area contributed by atoms with Crippen LogP contribution < -0.4 is 5.32 Å². The average molecular weight is 362 g/mol. The van der Waals surface area contributed by atoms with E-state index in [1.165, 1.54) is 6.07 Å². The van der Waals surface area contributed by atoms with Gasteiger partial charge in [-0.25, -0.2) is 0 Å². The van der Waals surface area contributed by atoms with E-state index in [0.29, 0.717) is 6.42 Å². The fourth-order valence-corrected chi connectivity index (χ4v) is 2.72. The maximum Gasteiger partial charge on any atom is 0.270 e. The summed E-state index contributed by atoms with van der Waals surface area (Å²) in [6, 6.07) is 4.96. The average Bonchev–Trinajstić information content (AvgIpc) is 2.30. The van der Waals surface area contributed by atoms with Crippen molar-refractivity contribution in [2.24, 2.45) is 5.41 Å². The smallest absolute Gasteiger partial charge is 0.270 e. The number of aliphatic hydroxyl groups is 1. The molecule has 1 aromatic carbocycles. The van der Waals surface area contributed by atoms with Crippen molar-refractivity contribution < 1.29 is 10.0 Å². The lowest BCUT2D eigenvalue weighted by Crippen LogP contribution is -2.56. The third-order valence-electron chi connectivity index (χ3n) is 3.71. The van der Waals surface area contributed by atoms with Gasteiger partial charge in [0.2, 0.25) is 0 Å². The molecule has 0 aromatic heterocycles. The number of nitro benzene ring substituents is 1. The number of aliphatic hydroxyl groups excluding tert-OH is 1. The molecule has 1 saturated carbocycles. The molecule has 0 spiro atoms. The molecule has 1 aliphatic carbocycles. The maximum atomic E-state index is 10.6. The summed E-state index contributed by atoms with van der Waals surface area (Å²) < 4.78 is 0.819. The predicted molar refractivity (Wildman–Crippen MR) is 77.6 cm³/mol. The van der Waals surface area contributed by atoms with Crippen molar-refractivity contribution >= 4 is 34.0 Å². The van der Waals surface area contributed by atoms with Gasteiger partial charge in [-0.15, -0.1) is 0 Å². The molecule has 1 fully saturated rings. The fraction of sp³-hybridized carbons (Fsp3) is 0.500. The third kappa shape index (κ3) is 2.31. The van der Waals surface area contributed by atoms with E-state index in [2.05, 4.69) is 27.9 Å². The number of benzene rings is 1. The summed E-state index contributed by atoms with van der Waals surface area (Å²) in [5, 5.41) is 23.7. The van der Waals surface area contributed by atoms with Gasteiger partial charge >= 0.3 is 0 Å². The van der Waals surface area contributed by atoms with E-state index in [0.717, 1.165) is 9.26 Å². The number of nitro groups is 1. The summed E-state index contributed by atoms with van der Waals surface area (Å²) in [7, 11) is 0. The molecule has 98 valence electrons. The molecule has 0 amide bonds. The quantitative estimate of drug-likeness (QED) is 0.493. The van der Waals surface area contributed by atoms with E-state index >= 15 is 0 Å². The highest BCUT2D eigenvalue weighted by Crippen LogP contribution is 2.42. The number of nitrogens with zero attached hydrogens (tertiary/aromatic N) is 1. The number of rotatable bonds is 3. The lowest BCUT2D eigenvalue weighted by Gasteiger charge is -2.50. The summed E-state index contributed by atoms with van der Waals surface area (Å²) in [5.41, 5.74) is 0.814. The number of nitrogens with one attached hydrogen (secondary N) is 1. The molecule has 2 rings (SSSR count). The minimum atomic E-state index is -0.400. The molecule has 1 aromatic rings. The molecule has 6 heteroatoms. The number of hydrogen-bond donors (Lipinski definition) is 2. The van der Waals surface area contributed by atoms with E-state index in [9.17, 15) is 15.2 Å². The third-order valence-corrected chi connectivity index (χ3v) is 4.60. The van der Waals surface area contributed by atoms with Gasteiger partial charge in [0.1, 0.15) is 0 Å². The molecule has 1 aliphatic rings. The summed E-state index contributed by atoms with van der Waals surface area (Å²) in [6.45, 7) is 4.02. The van der Waals surface area contributed by atoms with Gasteiger partial charge < -0.3 is 10.4 Å². The molecule has 0 bridgehead atoms. The topological polar surface area (TPSA) is 75.4 Å². The van der Waals surface area contributed by atoms with E-state index in [1.54, 1.807) is 12.1 Å². The van der Waals surface area contributed by atoms with Crippen molar-refractivity contribution in [1.29, 1.82) is 0 Å². The Hall–Kier alpha value is -0.890. The van der Waals surface area contributed by atoms with E-state index in [4.69, 9.17) is 0 Å². The van der Waals surface area contributed by atoms with Gasteiger partial charge in [-0.2, -0.15) is 0 Å². The molecule has 18 heavy (non-hydrogen) atoms. The van der Waals surface area contributed by atoms with Crippen LogP contribution in [-0.4, -0.2) is 22.2 Å². The Kier molecular flexibility index (Phi) is 3.50. The van der Waals surface area contributed by atoms with Crippen LogP contribution in [0.2, 0.25) is 0 Å². The molecule has 0 aliphatic heterocycles. The minimum Gasteiger partial charge on any atom is -0.392 e. The first-order chi connectivity index (χ1) is 8.32. The Bertz CT molecular complexity index is 490. The summed E-state index contributed by atoms with van der Waals surface area (Å²) in [5.74, 6) is 0. The van der Waals surface area contributed by atoms with Crippen LogP contribution in [0.5, 0.6) is 0 Å². The Morgan fingerprint density at radius 1 is 1.56 bits per heavy atom.